The van der Waals surface area contributed by atoms with Gasteiger partial charge in [0.25, 0.3) is 0 Å². The van der Waals surface area contributed by atoms with Crippen molar-refractivity contribution in [3.63, 3.8) is 0 Å². The molecule has 2 aromatic heterocycles. The molecule has 2 heteroatoms. The number of nitrogens with zero attached hydrogens (tertiary/aromatic N) is 2. The predicted molar refractivity (Wildman–Crippen MR) is 84.6 cm³/mol. The fourth-order valence-electron chi connectivity index (χ4n) is 2.46. The Morgan fingerprint density at radius 2 is 1.10 bits per heavy atom. The summed E-state index contributed by atoms with van der Waals surface area (Å²) in [4.78, 5) is 8.75. The van der Waals surface area contributed by atoms with E-state index in [9.17, 15) is 0 Å². The van der Waals surface area contributed by atoms with Gasteiger partial charge in [-0.3, -0.25) is 9.97 Å². The van der Waals surface area contributed by atoms with Gasteiger partial charge in [-0.25, -0.2) is 0 Å². The number of rotatable bonds is 5. The zero-order valence-electron chi connectivity index (χ0n) is 12.9. The lowest BCUT2D eigenvalue weighted by molar-refractivity contribution is 0.645. The van der Waals surface area contributed by atoms with Crippen LogP contribution in [-0.4, -0.2) is 9.97 Å². The van der Waals surface area contributed by atoms with Gasteiger partial charge in [-0.1, -0.05) is 27.7 Å². The van der Waals surface area contributed by atoms with Gasteiger partial charge in [0.1, 0.15) is 0 Å². The molecule has 0 N–H and O–H groups in total. The van der Waals surface area contributed by atoms with Gasteiger partial charge in [0.05, 0.1) is 0 Å². The molecular formula is C18H24N2. The molecule has 0 amide bonds. The summed E-state index contributed by atoms with van der Waals surface area (Å²) in [5, 5.41) is 0. The quantitative estimate of drug-likeness (QED) is 0.795. The second-order valence-corrected chi connectivity index (χ2v) is 6.36. The average Bonchev–Trinajstić information content (AvgIpc) is 2.38. The maximum absolute atomic E-state index is 4.38. The molecule has 2 rings (SSSR count). The van der Waals surface area contributed by atoms with Crippen LogP contribution in [0.25, 0.3) is 11.1 Å². The molecule has 0 aromatic carbocycles. The number of hydrogen-bond donors (Lipinski definition) is 0. The second kappa shape index (κ2) is 6.65. The molecule has 0 fully saturated rings. The Labute approximate surface area is 122 Å². The summed E-state index contributed by atoms with van der Waals surface area (Å²) in [6, 6.07) is 4.48. The van der Waals surface area contributed by atoms with Gasteiger partial charge in [0.15, 0.2) is 0 Å². The normalized spacial score (nSPS) is 11.3. The summed E-state index contributed by atoms with van der Waals surface area (Å²) in [7, 11) is 0. The van der Waals surface area contributed by atoms with Gasteiger partial charge in [-0.2, -0.15) is 0 Å². The van der Waals surface area contributed by atoms with Gasteiger partial charge < -0.3 is 0 Å². The lowest BCUT2D eigenvalue weighted by atomic mass is 9.99. The summed E-state index contributed by atoms with van der Waals surface area (Å²) in [6.07, 6.45) is 9.93. The molecule has 2 nitrogen and oxygen atoms in total. The van der Waals surface area contributed by atoms with E-state index in [2.05, 4.69) is 49.8 Å². The summed E-state index contributed by atoms with van der Waals surface area (Å²) >= 11 is 0. The first-order chi connectivity index (χ1) is 9.54. The third-order valence-electron chi connectivity index (χ3n) is 3.21. The van der Waals surface area contributed by atoms with Crippen LogP contribution in [-0.2, 0) is 12.8 Å². The van der Waals surface area contributed by atoms with E-state index in [0.717, 1.165) is 12.8 Å². The molecule has 0 aliphatic rings. The number of hydrogen-bond acceptors (Lipinski definition) is 2. The van der Waals surface area contributed by atoms with Crippen molar-refractivity contribution in [3.8, 4) is 11.1 Å². The topological polar surface area (TPSA) is 25.8 Å². The third-order valence-corrected chi connectivity index (χ3v) is 3.21. The lowest BCUT2D eigenvalue weighted by Crippen LogP contribution is -1.97. The van der Waals surface area contributed by atoms with Crippen LogP contribution in [0.3, 0.4) is 0 Å². The first-order valence-electron chi connectivity index (χ1n) is 7.43. The summed E-state index contributed by atoms with van der Waals surface area (Å²) < 4.78 is 0. The fourth-order valence-corrected chi connectivity index (χ4v) is 2.46. The van der Waals surface area contributed by atoms with E-state index in [0.29, 0.717) is 11.8 Å². The number of aromatic nitrogens is 2. The first kappa shape index (κ1) is 14.7. The highest BCUT2D eigenvalue weighted by molar-refractivity contribution is 5.62. The molecule has 0 atom stereocenters. The Balaban J connectivity index is 2.26. The van der Waals surface area contributed by atoms with Crippen molar-refractivity contribution in [2.45, 2.75) is 40.5 Å². The van der Waals surface area contributed by atoms with Crippen molar-refractivity contribution < 1.29 is 0 Å². The average molecular weight is 268 g/mol. The van der Waals surface area contributed by atoms with E-state index in [1.807, 2.05) is 24.8 Å². The highest BCUT2D eigenvalue weighted by Gasteiger charge is 2.05. The van der Waals surface area contributed by atoms with Crippen molar-refractivity contribution in [1.82, 2.24) is 9.97 Å². The summed E-state index contributed by atoms with van der Waals surface area (Å²) in [5.41, 5.74) is 4.93. The molecular weight excluding hydrogens is 244 g/mol. The van der Waals surface area contributed by atoms with Crippen LogP contribution in [0.1, 0.15) is 38.8 Å². The fraction of sp³-hybridized carbons (Fsp3) is 0.444. The standard InChI is InChI=1S/C18H24N2/c1-13(2)5-15-7-17(11-19-9-15)18-8-16(6-14(3)4)10-20-12-18/h7-14H,5-6H2,1-4H3. The van der Waals surface area contributed by atoms with Crippen LogP contribution in [0.15, 0.2) is 36.9 Å². The zero-order chi connectivity index (χ0) is 14.5. The van der Waals surface area contributed by atoms with Crippen LogP contribution >= 0.6 is 0 Å². The van der Waals surface area contributed by atoms with Crippen molar-refractivity contribution in [2.24, 2.45) is 11.8 Å². The monoisotopic (exact) mass is 268 g/mol. The summed E-state index contributed by atoms with van der Waals surface area (Å²) in [6.45, 7) is 8.93. The second-order valence-electron chi connectivity index (χ2n) is 6.36. The smallest absolute Gasteiger partial charge is 0.0347 e. The van der Waals surface area contributed by atoms with Gasteiger partial charge in [-0.15, -0.1) is 0 Å². The Hall–Kier alpha value is -1.70. The van der Waals surface area contributed by atoms with Crippen LogP contribution in [0, 0.1) is 11.8 Å². The van der Waals surface area contributed by atoms with E-state index in [4.69, 9.17) is 0 Å². The van der Waals surface area contributed by atoms with Crippen molar-refractivity contribution in [2.75, 3.05) is 0 Å². The van der Waals surface area contributed by atoms with E-state index in [1.165, 1.54) is 22.3 Å². The van der Waals surface area contributed by atoms with Crippen molar-refractivity contribution in [3.05, 3.63) is 48.0 Å². The third kappa shape index (κ3) is 4.16. The molecule has 106 valence electrons. The highest BCUT2D eigenvalue weighted by Crippen LogP contribution is 2.21. The minimum atomic E-state index is 0.650. The first-order valence-corrected chi connectivity index (χ1v) is 7.43. The molecule has 20 heavy (non-hydrogen) atoms. The van der Waals surface area contributed by atoms with Crippen molar-refractivity contribution in [1.29, 1.82) is 0 Å². The Bertz CT molecular complexity index is 507. The molecule has 0 saturated heterocycles. The van der Waals surface area contributed by atoms with Gasteiger partial charge in [-0.05, 0) is 47.9 Å². The largest absolute Gasteiger partial charge is 0.264 e. The zero-order valence-corrected chi connectivity index (χ0v) is 12.9. The summed E-state index contributed by atoms with van der Waals surface area (Å²) in [5.74, 6) is 1.30. The Morgan fingerprint density at radius 3 is 1.45 bits per heavy atom. The van der Waals surface area contributed by atoms with Gasteiger partial charge >= 0.3 is 0 Å². The molecule has 0 spiro atoms. The molecule has 0 saturated carbocycles. The minimum absolute atomic E-state index is 0.650. The van der Waals surface area contributed by atoms with Crippen LogP contribution in [0.4, 0.5) is 0 Å². The Kier molecular flexibility index (Phi) is 4.89. The molecule has 2 aromatic rings. The van der Waals surface area contributed by atoms with E-state index < -0.39 is 0 Å². The van der Waals surface area contributed by atoms with Crippen LogP contribution in [0.5, 0.6) is 0 Å². The maximum atomic E-state index is 4.38. The van der Waals surface area contributed by atoms with E-state index >= 15 is 0 Å². The lowest BCUT2D eigenvalue weighted by Gasteiger charge is -2.09. The van der Waals surface area contributed by atoms with Crippen LogP contribution < -0.4 is 0 Å². The Morgan fingerprint density at radius 1 is 0.700 bits per heavy atom. The maximum Gasteiger partial charge on any atom is 0.0347 e. The molecule has 0 unspecified atom stereocenters. The molecule has 0 bridgehead atoms. The molecule has 0 aliphatic carbocycles. The SMILES string of the molecule is CC(C)Cc1cncc(-c2cncc(CC(C)C)c2)c1. The van der Waals surface area contributed by atoms with E-state index in [1.54, 1.807) is 0 Å². The highest BCUT2D eigenvalue weighted by atomic mass is 14.6. The van der Waals surface area contributed by atoms with E-state index in [-0.39, 0.29) is 0 Å². The van der Waals surface area contributed by atoms with Gasteiger partial charge in [0.2, 0.25) is 0 Å². The van der Waals surface area contributed by atoms with Crippen LogP contribution in [0.2, 0.25) is 0 Å². The van der Waals surface area contributed by atoms with Gasteiger partial charge in [0, 0.05) is 35.9 Å². The molecule has 0 aliphatic heterocycles. The number of pyridine rings is 2. The minimum Gasteiger partial charge on any atom is -0.264 e. The molecule has 2 heterocycles. The van der Waals surface area contributed by atoms with Crippen molar-refractivity contribution >= 4 is 0 Å². The molecule has 0 radical (unpaired) electrons. The predicted octanol–water partition coefficient (Wildman–Crippen LogP) is 4.54.